The SMILES string of the molecule is CC(=O)Nc1cc(C(=O)N2CCC[C@@H]2CC(C)(C)C)ccc1F. The van der Waals surface area contributed by atoms with Crippen molar-refractivity contribution in [3.63, 3.8) is 0 Å². The molecule has 126 valence electrons. The van der Waals surface area contributed by atoms with Crippen LogP contribution in [0.4, 0.5) is 10.1 Å². The maximum Gasteiger partial charge on any atom is 0.254 e. The van der Waals surface area contributed by atoms with Crippen LogP contribution in [0.2, 0.25) is 0 Å². The Morgan fingerprint density at radius 1 is 1.35 bits per heavy atom. The summed E-state index contributed by atoms with van der Waals surface area (Å²) in [6.07, 6.45) is 2.94. The minimum absolute atomic E-state index is 0.0509. The van der Waals surface area contributed by atoms with Gasteiger partial charge in [-0.25, -0.2) is 4.39 Å². The van der Waals surface area contributed by atoms with Gasteiger partial charge in [0.05, 0.1) is 5.69 Å². The number of nitrogens with zero attached hydrogens (tertiary/aromatic N) is 1. The third-order valence-electron chi connectivity index (χ3n) is 4.01. The molecule has 1 aliphatic rings. The zero-order valence-corrected chi connectivity index (χ0v) is 14.3. The summed E-state index contributed by atoms with van der Waals surface area (Å²) in [5.74, 6) is -0.993. The average molecular weight is 320 g/mol. The van der Waals surface area contributed by atoms with Crippen LogP contribution in [0.3, 0.4) is 0 Å². The lowest BCUT2D eigenvalue weighted by Gasteiger charge is -2.30. The molecule has 4 nitrogen and oxygen atoms in total. The van der Waals surface area contributed by atoms with Gasteiger partial charge < -0.3 is 10.2 Å². The van der Waals surface area contributed by atoms with Gasteiger partial charge in [0.1, 0.15) is 5.82 Å². The van der Waals surface area contributed by atoms with Crippen LogP contribution in [0.15, 0.2) is 18.2 Å². The molecule has 1 aliphatic heterocycles. The molecular formula is C18H25FN2O2. The van der Waals surface area contributed by atoms with E-state index >= 15 is 0 Å². The molecular weight excluding hydrogens is 295 g/mol. The molecule has 1 aromatic carbocycles. The summed E-state index contributed by atoms with van der Waals surface area (Å²) in [7, 11) is 0. The van der Waals surface area contributed by atoms with E-state index < -0.39 is 5.82 Å². The summed E-state index contributed by atoms with van der Waals surface area (Å²) in [6.45, 7) is 8.54. The van der Waals surface area contributed by atoms with Crippen LogP contribution in [0.5, 0.6) is 0 Å². The van der Waals surface area contributed by atoms with Gasteiger partial charge in [-0.2, -0.15) is 0 Å². The number of likely N-dealkylation sites (tertiary alicyclic amines) is 1. The van der Waals surface area contributed by atoms with Crippen LogP contribution >= 0.6 is 0 Å². The summed E-state index contributed by atoms with van der Waals surface area (Å²) in [5.41, 5.74) is 0.614. The zero-order valence-electron chi connectivity index (χ0n) is 14.3. The van der Waals surface area contributed by atoms with E-state index in [4.69, 9.17) is 0 Å². The molecule has 0 aliphatic carbocycles. The van der Waals surface area contributed by atoms with Crippen molar-refractivity contribution >= 4 is 17.5 Å². The van der Waals surface area contributed by atoms with Crippen LogP contribution < -0.4 is 5.32 Å². The van der Waals surface area contributed by atoms with Crippen molar-refractivity contribution in [1.29, 1.82) is 0 Å². The summed E-state index contributed by atoms with van der Waals surface area (Å²) >= 11 is 0. The van der Waals surface area contributed by atoms with Gasteiger partial charge in [-0.15, -0.1) is 0 Å². The first-order chi connectivity index (χ1) is 10.7. The molecule has 0 aromatic heterocycles. The van der Waals surface area contributed by atoms with E-state index in [0.29, 0.717) is 5.56 Å². The maximum absolute atomic E-state index is 13.7. The lowest BCUT2D eigenvalue weighted by molar-refractivity contribution is -0.114. The Morgan fingerprint density at radius 2 is 2.04 bits per heavy atom. The van der Waals surface area contributed by atoms with Gasteiger partial charge in [0.15, 0.2) is 0 Å². The van der Waals surface area contributed by atoms with Crippen molar-refractivity contribution in [2.75, 3.05) is 11.9 Å². The zero-order chi connectivity index (χ0) is 17.2. The first kappa shape index (κ1) is 17.4. The quantitative estimate of drug-likeness (QED) is 0.920. The second kappa shape index (κ2) is 6.69. The van der Waals surface area contributed by atoms with Gasteiger partial charge in [0, 0.05) is 25.1 Å². The predicted octanol–water partition coefficient (Wildman–Crippen LogP) is 3.82. The van der Waals surface area contributed by atoms with E-state index in [1.807, 2.05) is 4.90 Å². The van der Waals surface area contributed by atoms with Crippen molar-refractivity contribution in [2.45, 2.75) is 53.0 Å². The van der Waals surface area contributed by atoms with E-state index in [2.05, 4.69) is 26.1 Å². The summed E-state index contributed by atoms with van der Waals surface area (Å²) in [6, 6.07) is 4.35. The van der Waals surface area contributed by atoms with E-state index in [1.54, 1.807) is 0 Å². The lowest BCUT2D eigenvalue weighted by Crippen LogP contribution is -2.37. The Bertz CT molecular complexity index is 608. The van der Waals surface area contributed by atoms with Crippen LogP contribution in [-0.4, -0.2) is 29.3 Å². The third kappa shape index (κ3) is 4.53. The smallest absolute Gasteiger partial charge is 0.254 e. The fourth-order valence-corrected chi connectivity index (χ4v) is 3.13. The van der Waals surface area contributed by atoms with Crippen LogP contribution in [-0.2, 0) is 4.79 Å². The molecule has 0 saturated carbocycles. The van der Waals surface area contributed by atoms with Crippen LogP contribution in [0.25, 0.3) is 0 Å². The average Bonchev–Trinajstić information content (AvgIpc) is 2.85. The first-order valence-electron chi connectivity index (χ1n) is 8.05. The van der Waals surface area contributed by atoms with Crippen molar-refractivity contribution in [3.05, 3.63) is 29.6 Å². The Labute approximate surface area is 137 Å². The summed E-state index contributed by atoms with van der Waals surface area (Å²) < 4.78 is 13.7. The van der Waals surface area contributed by atoms with Crippen LogP contribution in [0.1, 0.15) is 57.3 Å². The number of hydrogen-bond acceptors (Lipinski definition) is 2. The van der Waals surface area contributed by atoms with Crippen LogP contribution in [0, 0.1) is 11.2 Å². The van der Waals surface area contributed by atoms with Crippen molar-refractivity contribution in [1.82, 2.24) is 4.90 Å². The highest BCUT2D eigenvalue weighted by atomic mass is 19.1. The van der Waals surface area contributed by atoms with Crippen molar-refractivity contribution in [3.8, 4) is 0 Å². The molecule has 2 amide bonds. The molecule has 1 fully saturated rings. The molecule has 1 heterocycles. The summed E-state index contributed by atoms with van der Waals surface area (Å²) in [4.78, 5) is 25.8. The second-order valence-electron chi connectivity index (χ2n) is 7.44. The van der Waals surface area contributed by atoms with E-state index in [-0.39, 0.29) is 29.0 Å². The highest BCUT2D eigenvalue weighted by molar-refractivity contribution is 5.97. The third-order valence-corrected chi connectivity index (χ3v) is 4.01. The number of hydrogen-bond donors (Lipinski definition) is 1. The van der Waals surface area contributed by atoms with Crippen molar-refractivity contribution in [2.24, 2.45) is 5.41 Å². The molecule has 1 saturated heterocycles. The number of anilines is 1. The molecule has 0 bridgehead atoms. The minimum Gasteiger partial charge on any atom is -0.336 e. The topological polar surface area (TPSA) is 49.4 Å². The highest BCUT2D eigenvalue weighted by Crippen LogP contribution is 2.31. The standard InChI is InChI=1S/C18H25FN2O2/c1-12(22)20-16-10-13(7-8-15(16)19)17(23)21-9-5-6-14(21)11-18(2,3)4/h7-8,10,14H,5-6,9,11H2,1-4H3,(H,20,22)/t14-/m1/s1. The molecule has 0 spiro atoms. The summed E-state index contributed by atoms with van der Waals surface area (Å²) in [5, 5.41) is 2.42. The fraction of sp³-hybridized carbons (Fsp3) is 0.556. The van der Waals surface area contributed by atoms with Crippen molar-refractivity contribution < 1.29 is 14.0 Å². The molecule has 0 radical (unpaired) electrons. The Balaban J connectivity index is 2.20. The number of halogens is 1. The van der Waals surface area contributed by atoms with Gasteiger partial charge >= 0.3 is 0 Å². The number of benzene rings is 1. The van der Waals surface area contributed by atoms with Gasteiger partial charge in [-0.1, -0.05) is 20.8 Å². The van der Waals surface area contributed by atoms with Gasteiger partial charge in [-0.05, 0) is 42.9 Å². The molecule has 1 atom stereocenters. The Hall–Kier alpha value is -1.91. The monoisotopic (exact) mass is 320 g/mol. The molecule has 1 aromatic rings. The molecule has 1 N–H and O–H groups in total. The second-order valence-corrected chi connectivity index (χ2v) is 7.44. The number of rotatable bonds is 3. The van der Waals surface area contributed by atoms with Gasteiger partial charge in [0.2, 0.25) is 5.91 Å². The molecule has 2 rings (SSSR count). The maximum atomic E-state index is 13.7. The fourth-order valence-electron chi connectivity index (χ4n) is 3.13. The number of amides is 2. The van der Waals surface area contributed by atoms with E-state index in [9.17, 15) is 14.0 Å². The number of nitrogens with one attached hydrogen (secondary N) is 1. The largest absolute Gasteiger partial charge is 0.336 e. The lowest BCUT2D eigenvalue weighted by atomic mass is 9.87. The Morgan fingerprint density at radius 3 is 2.65 bits per heavy atom. The number of carbonyl (C=O) groups is 2. The van der Waals surface area contributed by atoms with E-state index in [1.165, 1.54) is 25.1 Å². The van der Waals surface area contributed by atoms with E-state index in [0.717, 1.165) is 25.8 Å². The molecule has 23 heavy (non-hydrogen) atoms. The molecule has 0 unspecified atom stereocenters. The highest BCUT2D eigenvalue weighted by Gasteiger charge is 2.32. The van der Waals surface area contributed by atoms with Gasteiger partial charge in [0.25, 0.3) is 5.91 Å². The Kier molecular flexibility index (Phi) is 5.07. The molecule has 5 heteroatoms. The first-order valence-corrected chi connectivity index (χ1v) is 8.05. The predicted molar refractivity (Wildman–Crippen MR) is 88.8 cm³/mol. The number of carbonyl (C=O) groups excluding carboxylic acids is 2. The van der Waals surface area contributed by atoms with Gasteiger partial charge in [-0.3, -0.25) is 9.59 Å². The normalized spacial score (nSPS) is 18.1. The minimum atomic E-state index is -0.538.